The quantitative estimate of drug-likeness (QED) is 0.741. The standard InChI is InChI=1S/C12H19FN2O3/c1-17-9-12-5-10(6-13)7-15(12)4-3-14(8-12)11(16)18-2/h6H,3-5,7-9H2,1-2H3/b10-6-/t12-/m1/s1. The van der Waals surface area contributed by atoms with Gasteiger partial charge in [-0.15, -0.1) is 0 Å². The Morgan fingerprint density at radius 2 is 2.28 bits per heavy atom. The number of ether oxygens (including phenoxy) is 2. The Kier molecular flexibility index (Phi) is 3.87. The van der Waals surface area contributed by atoms with E-state index in [1.54, 1.807) is 12.0 Å². The monoisotopic (exact) mass is 258 g/mol. The van der Waals surface area contributed by atoms with Crippen molar-refractivity contribution in [2.24, 2.45) is 0 Å². The number of carbonyl (C=O) groups excluding carboxylic acids is 1. The molecule has 102 valence electrons. The smallest absolute Gasteiger partial charge is 0.409 e. The second-order valence-electron chi connectivity index (χ2n) is 4.91. The van der Waals surface area contributed by atoms with Crippen molar-refractivity contribution in [2.75, 3.05) is 47.0 Å². The Morgan fingerprint density at radius 3 is 2.89 bits per heavy atom. The zero-order valence-electron chi connectivity index (χ0n) is 10.8. The molecule has 0 bridgehead atoms. The topological polar surface area (TPSA) is 42.0 Å². The molecule has 0 radical (unpaired) electrons. The van der Waals surface area contributed by atoms with E-state index in [9.17, 15) is 9.18 Å². The van der Waals surface area contributed by atoms with E-state index in [4.69, 9.17) is 9.47 Å². The van der Waals surface area contributed by atoms with Crippen LogP contribution in [-0.4, -0.2) is 68.4 Å². The maximum atomic E-state index is 12.7. The molecule has 0 aromatic carbocycles. The van der Waals surface area contributed by atoms with Crippen molar-refractivity contribution >= 4 is 6.09 Å². The van der Waals surface area contributed by atoms with E-state index in [0.717, 1.165) is 12.1 Å². The van der Waals surface area contributed by atoms with Crippen LogP contribution in [0.3, 0.4) is 0 Å². The summed E-state index contributed by atoms with van der Waals surface area (Å²) < 4.78 is 22.8. The first-order valence-electron chi connectivity index (χ1n) is 6.00. The number of methoxy groups -OCH3 is 2. The van der Waals surface area contributed by atoms with Gasteiger partial charge in [0, 0.05) is 33.3 Å². The predicted molar refractivity (Wildman–Crippen MR) is 64.0 cm³/mol. The molecule has 0 aliphatic carbocycles. The number of piperazine rings is 1. The fourth-order valence-corrected chi connectivity index (χ4v) is 2.97. The van der Waals surface area contributed by atoms with Crippen LogP contribution in [0.4, 0.5) is 9.18 Å². The zero-order valence-corrected chi connectivity index (χ0v) is 10.8. The van der Waals surface area contributed by atoms with Crippen LogP contribution in [0.15, 0.2) is 11.9 Å². The van der Waals surface area contributed by atoms with Gasteiger partial charge in [0.1, 0.15) is 0 Å². The summed E-state index contributed by atoms with van der Waals surface area (Å²) in [6, 6.07) is 0. The van der Waals surface area contributed by atoms with Crippen molar-refractivity contribution in [3.8, 4) is 0 Å². The van der Waals surface area contributed by atoms with Crippen LogP contribution in [0, 0.1) is 0 Å². The van der Waals surface area contributed by atoms with Gasteiger partial charge in [-0.25, -0.2) is 9.18 Å². The molecule has 2 saturated heterocycles. The minimum atomic E-state index is -0.331. The normalized spacial score (nSPS) is 30.6. The first-order valence-corrected chi connectivity index (χ1v) is 6.00. The second kappa shape index (κ2) is 5.24. The summed E-state index contributed by atoms with van der Waals surface area (Å²) in [5.74, 6) is 0. The SMILES string of the molecule is COC[C@]12C/C(=C/F)CN1CCN(C(=O)OC)C2. The summed E-state index contributed by atoms with van der Waals surface area (Å²) in [5.41, 5.74) is 0.456. The molecule has 18 heavy (non-hydrogen) atoms. The lowest BCUT2D eigenvalue weighted by Gasteiger charge is -2.45. The number of hydrogen-bond acceptors (Lipinski definition) is 4. The summed E-state index contributed by atoms with van der Waals surface area (Å²) >= 11 is 0. The molecule has 0 N–H and O–H groups in total. The molecule has 2 rings (SSSR count). The summed E-state index contributed by atoms with van der Waals surface area (Å²) in [4.78, 5) is 15.5. The van der Waals surface area contributed by atoms with Crippen LogP contribution in [0.5, 0.6) is 0 Å². The highest BCUT2D eigenvalue weighted by Crippen LogP contribution is 2.36. The summed E-state index contributed by atoms with van der Waals surface area (Å²) in [5, 5.41) is 0. The third-order valence-electron chi connectivity index (χ3n) is 3.75. The van der Waals surface area contributed by atoms with Crippen molar-refractivity contribution in [2.45, 2.75) is 12.0 Å². The van der Waals surface area contributed by atoms with Gasteiger partial charge in [0.2, 0.25) is 0 Å². The molecular formula is C12H19FN2O3. The fraction of sp³-hybridized carbons (Fsp3) is 0.750. The number of fused-ring (bicyclic) bond motifs is 1. The van der Waals surface area contributed by atoms with Gasteiger partial charge in [-0.1, -0.05) is 0 Å². The molecular weight excluding hydrogens is 239 g/mol. The third kappa shape index (κ3) is 2.22. The average Bonchev–Trinajstić information content (AvgIpc) is 2.75. The summed E-state index contributed by atoms with van der Waals surface area (Å²) in [6.45, 7) is 2.95. The molecule has 2 aliphatic heterocycles. The first-order chi connectivity index (χ1) is 8.65. The molecule has 1 amide bonds. The van der Waals surface area contributed by atoms with Crippen LogP contribution in [0.1, 0.15) is 6.42 Å². The Morgan fingerprint density at radius 1 is 1.50 bits per heavy atom. The van der Waals surface area contributed by atoms with Gasteiger partial charge in [0.25, 0.3) is 0 Å². The number of rotatable bonds is 2. The number of carbonyl (C=O) groups is 1. The van der Waals surface area contributed by atoms with E-state index in [1.165, 1.54) is 7.11 Å². The van der Waals surface area contributed by atoms with Gasteiger partial charge in [0.05, 0.1) is 25.6 Å². The van der Waals surface area contributed by atoms with E-state index in [-0.39, 0.29) is 11.6 Å². The minimum Gasteiger partial charge on any atom is -0.453 e. The van der Waals surface area contributed by atoms with Crippen LogP contribution in [0.2, 0.25) is 0 Å². The molecule has 1 atom stereocenters. The summed E-state index contributed by atoms with van der Waals surface area (Å²) in [7, 11) is 3.00. The molecule has 5 nitrogen and oxygen atoms in total. The Hall–Kier alpha value is -1.14. The third-order valence-corrected chi connectivity index (χ3v) is 3.75. The first kappa shape index (κ1) is 13.3. The van der Waals surface area contributed by atoms with Crippen molar-refractivity contribution in [3.05, 3.63) is 11.9 Å². The summed E-state index contributed by atoms with van der Waals surface area (Å²) in [6.07, 6.45) is 0.950. The van der Waals surface area contributed by atoms with Crippen LogP contribution >= 0.6 is 0 Å². The fourth-order valence-electron chi connectivity index (χ4n) is 2.97. The Balaban J connectivity index is 2.17. The molecule has 0 unspecified atom stereocenters. The van der Waals surface area contributed by atoms with E-state index in [1.807, 2.05) is 0 Å². The van der Waals surface area contributed by atoms with Crippen molar-refractivity contribution < 1.29 is 18.7 Å². The van der Waals surface area contributed by atoms with Crippen molar-refractivity contribution in [1.29, 1.82) is 0 Å². The highest BCUT2D eigenvalue weighted by molar-refractivity contribution is 5.67. The van der Waals surface area contributed by atoms with E-state index in [2.05, 4.69) is 4.90 Å². The molecule has 6 heteroatoms. The lowest BCUT2D eigenvalue weighted by Crippen LogP contribution is -2.62. The maximum absolute atomic E-state index is 12.7. The van der Waals surface area contributed by atoms with E-state index in [0.29, 0.717) is 39.0 Å². The molecule has 2 fully saturated rings. The number of hydrogen-bond donors (Lipinski definition) is 0. The molecule has 2 aliphatic rings. The lowest BCUT2D eigenvalue weighted by atomic mass is 9.93. The number of nitrogens with zero attached hydrogens (tertiary/aromatic N) is 2. The van der Waals surface area contributed by atoms with Gasteiger partial charge in [-0.2, -0.15) is 0 Å². The van der Waals surface area contributed by atoms with Gasteiger partial charge in [-0.3, -0.25) is 4.90 Å². The molecule has 0 saturated carbocycles. The minimum absolute atomic E-state index is 0.306. The van der Waals surface area contributed by atoms with Crippen LogP contribution < -0.4 is 0 Å². The lowest BCUT2D eigenvalue weighted by molar-refractivity contribution is -0.0199. The predicted octanol–water partition coefficient (Wildman–Crippen LogP) is 1.01. The number of halogens is 1. The van der Waals surface area contributed by atoms with Crippen LogP contribution in [-0.2, 0) is 9.47 Å². The highest BCUT2D eigenvalue weighted by Gasteiger charge is 2.48. The van der Waals surface area contributed by atoms with Gasteiger partial charge >= 0.3 is 6.09 Å². The van der Waals surface area contributed by atoms with Gasteiger partial charge in [-0.05, 0) is 12.0 Å². The van der Waals surface area contributed by atoms with Gasteiger partial charge < -0.3 is 14.4 Å². The van der Waals surface area contributed by atoms with Crippen molar-refractivity contribution in [1.82, 2.24) is 9.80 Å². The van der Waals surface area contributed by atoms with E-state index >= 15 is 0 Å². The maximum Gasteiger partial charge on any atom is 0.409 e. The second-order valence-corrected chi connectivity index (χ2v) is 4.91. The van der Waals surface area contributed by atoms with Crippen LogP contribution in [0.25, 0.3) is 0 Å². The molecule has 0 aromatic rings. The van der Waals surface area contributed by atoms with Crippen molar-refractivity contribution in [3.63, 3.8) is 0 Å². The van der Waals surface area contributed by atoms with Gasteiger partial charge in [0.15, 0.2) is 0 Å². The largest absolute Gasteiger partial charge is 0.453 e. The molecule has 2 heterocycles. The zero-order chi connectivity index (χ0) is 13.2. The molecule has 0 aromatic heterocycles. The van der Waals surface area contributed by atoms with E-state index < -0.39 is 0 Å². The Bertz CT molecular complexity index is 361. The average molecular weight is 258 g/mol. The number of amides is 1. The Labute approximate surface area is 106 Å². The molecule has 0 spiro atoms. The highest BCUT2D eigenvalue weighted by atomic mass is 19.1.